The first kappa shape index (κ1) is 18.2. The summed E-state index contributed by atoms with van der Waals surface area (Å²) in [5, 5.41) is 0. The molecule has 1 atom stereocenters. The Hall–Kier alpha value is -1.58. The van der Waals surface area contributed by atoms with Gasteiger partial charge in [-0.25, -0.2) is 4.98 Å². The predicted molar refractivity (Wildman–Crippen MR) is 103 cm³/mol. The van der Waals surface area contributed by atoms with Crippen LogP contribution in [0.25, 0.3) is 0 Å². The minimum absolute atomic E-state index is 0.296. The Bertz CT molecular complexity index is 597. The number of hydrogen-bond acceptors (Lipinski definition) is 3. The van der Waals surface area contributed by atoms with Gasteiger partial charge in [0.2, 0.25) is 5.91 Å². The molecule has 2 fully saturated rings. The molecule has 25 heavy (non-hydrogen) atoms. The van der Waals surface area contributed by atoms with Crippen LogP contribution in [0.5, 0.6) is 0 Å². The third-order valence-electron chi connectivity index (χ3n) is 6.11. The Morgan fingerprint density at radius 3 is 2.76 bits per heavy atom. The van der Waals surface area contributed by atoms with Crippen LogP contribution >= 0.6 is 0 Å². The van der Waals surface area contributed by atoms with Crippen molar-refractivity contribution >= 4 is 11.7 Å². The highest BCUT2D eigenvalue weighted by Gasteiger charge is 2.42. The van der Waals surface area contributed by atoms with E-state index < -0.39 is 0 Å². The molecule has 0 aromatic carbocycles. The van der Waals surface area contributed by atoms with E-state index in [0.717, 1.165) is 38.3 Å². The van der Waals surface area contributed by atoms with Crippen molar-refractivity contribution in [3.63, 3.8) is 0 Å². The molecule has 2 aliphatic rings. The quantitative estimate of drug-likeness (QED) is 0.823. The standard InChI is InChI=1S/C21H33N3O/c1-4-24(18-11-6-5-7-12-18)20(25)21(3)13-9-15-23(16-21)19-17(2)10-8-14-22-19/h8,10,14,18H,4-7,9,11-13,15-16H2,1-3H3. The number of pyridine rings is 1. The number of anilines is 1. The van der Waals surface area contributed by atoms with E-state index in [9.17, 15) is 4.79 Å². The van der Waals surface area contributed by atoms with E-state index >= 15 is 0 Å². The van der Waals surface area contributed by atoms with Crippen LogP contribution in [-0.4, -0.2) is 41.5 Å². The van der Waals surface area contributed by atoms with Gasteiger partial charge in [0, 0.05) is 31.9 Å². The second-order valence-electron chi connectivity index (χ2n) is 8.11. The van der Waals surface area contributed by atoms with Crippen molar-refractivity contribution in [3.8, 4) is 0 Å². The predicted octanol–water partition coefficient (Wildman–Crippen LogP) is 4.18. The number of aryl methyl sites for hydroxylation is 1. The Kier molecular flexibility index (Phi) is 5.65. The summed E-state index contributed by atoms with van der Waals surface area (Å²) in [6.07, 6.45) is 10.1. The summed E-state index contributed by atoms with van der Waals surface area (Å²) in [6.45, 7) is 9.03. The third-order valence-corrected chi connectivity index (χ3v) is 6.11. The van der Waals surface area contributed by atoms with Gasteiger partial charge in [-0.1, -0.05) is 25.3 Å². The summed E-state index contributed by atoms with van der Waals surface area (Å²) in [7, 11) is 0. The second kappa shape index (κ2) is 7.76. The number of nitrogens with zero attached hydrogens (tertiary/aromatic N) is 3. The lowest BCUT2D eigenvalue weighted by Crippen LogP contribution is -2.54. The van der Waals surface area contributed by atoms with Gasteiger partial charge < -0.3 is 9.80 Å². The summed E-state index contributed by atoms with van der Waals surface area (Å²) < 4.78 is 0. The van der Waals surface area contributed by atoms with Crippen LogP contribution in [0.15, 0.2) is 18.3 Å². The van der Waals surface area contributed by atoms with Gasteiger partial charge in [0.15, 0.2) is 0 Å². The zero-order valence-corrected chi connectivity index (χ0v) is 16.1. The Morgan fingerprint density at radius 2 is 2.08 bits per heavy atom. The van der Waals surface area contributed by atoms with Gasteiger partial charge in [0.05, 0.1) is 5.41 Å². The minimum Gasteiger partial charge on any atom is -0.355 e. The zero-order chi connectivity index (χ0) is 17.9. The number of rotatable bonds is 4. The molecule has 1 aliphatic heterocycles. The number of carbonyl (C=O) groups excluding carboxylic acids is 1. The van der Waals surface area contributed by atoms with Gasteiger partial charge in [-0.15, -0.1) is 0 Å². The van der Waals surface area contributed by atoms with Crippen molar-refractivity contribution in [2.75, 3.05) is 24.5 Å². The van der Waals surface area contributed by atoms with Crippen LogP contribution in [0.3, 0.4) is 0 Å². The first-order valence-electron chi connectivity index (χ1n) is 10.0. The smallest absolute Gasteiger partial charge is 0.230 e. The lowest BCUT2D eigenvalue weighted by molar-refractivity contribution is -0.144. The number of amides is 1. The van der Waals surface area contributed by atoms with Crippen LogP contribution in [0.1, 0.15) is 64.4 Å². The maximum Gasteiger partial charge on any atom is 0.230 e. The maximum atomic E-state index is 13.5. The highest BCUT2D eigenvalue weighted by Crippen LogP contribution is 2.36. The highest BCUT2D eigenvalue weighted by molar-refractivity contribution is 5.83. The van der Waals surface area contributed by atoms with Crippen molar-refractivity contribution in [2.45, 2.75) is 71.8 Å². The van der Waals surface area contributed by atoms with Crippen LogP contribution in [0.2, 0.25) is 0 Å². The molecule has 138 valence electrons. The van der Waals surface area contributed by atoms with Gasteiger partial charge in [-0.3, -0.25) is 4.79 Å². The number of piperidine rings is 1. The van der Waals surface area contributed by atoms with Crippen molar-refractivity contribution < 1.29 is 4.79 Å². The van der Waals surface area contributed by atoms with E-state index in [1.165, 1.54) is 37.7 Å². The molecule has 4 heteroatoms. The molecule has 4 nitrogen and oxygen atoms in total. The summed E-state index contributed by atoms with van der Waals surface area (Å²) in [5.41, 5.74) is 0.897. The third kappa shape index (κ3) is 3.83. The molecular weight excluding hydrogens is 310 g/mol. The second-order valence-corrected chi connectivity index (χ2v) is 8.11. The van der Waals surface area contributed by atoms with E-state index in [-0.39, 0.29) is 5.41 Å². The Morgan fingerprint density at radius 1 is 1.32 bits per heavy atom. The van der Waals surface area contributed by atoms with Gasteiger partial charge in [0.1, 0.15) is 5.82 Å². The molecule has 0 radical (unpaired) electrons. The van der Waals surface area contributed by atoms with Crippen LogP contribution in [0, 0.1) is 12.3 Å². The van der Waals surface area contributed by atoms with Gasteiger partial charge in [0.25, 0.3) is 0 Å². The van der Waals surface area contributed by atoms with Crippen molar-refractivity contribution in [2.24, 2.45) is 5.41 Å². The summed E-state index contributed by atoms with van der Waals surface area (Å²) in [4.78, 5) is 22.6. The Labute approximate surface area is 152 Å². The van der Waals surface area contributed by atoms with Crippen LogP contribution < -0.4 is 4.90 Å². The first-order valence-corrected chi connectivity index (χ1v) is 10.0. The molecule has 2 heterocycles. The minimum atomic E-state index is -0.296. The maximum absolute atomic E-state index is 13.5. The molecule has 1 aromatic heterocycles. The number of hydrogen-bond donors (Lipinski definition) is 0. The molecule has 1 unspecified atom stereocenters. The fourth-order valence-corrected chi connectivity index (χ4v) is 4.71. The molecular formula is C21H33N3O. The first-order chi connectivity index (χ1) is 12.0. The van der Waals surface area contributed by atoms with Crippen molar-refractivity contribution in [1.82, 2.24) is 9.88 Å². The molecule has 0 N–H and O–H groups in total. The Balaban J connectivity index is 1.77. The largest absolute Gasteiger partial charge is 0.355 e. The van der Waals surface area contributed by atoms with E-state index in [1.807, 2.05) is 12.3 Å². The molecule has 0 bridgehead atoms. The fourth-order valence-electron chi connectivity index (χ4n) is 4.71. The summed E-state index contributed by atoms with van der Waals surface area (Å²) in [5.74, 6) is 1.40. The molecule has 3 rings (SSSR count). The lowest BCUT2D eigenvalue weighted by Gasteiger charge is -2.45. The fraction of sp³-hybridized carbons (Fsp3) is 0.714. The van der Waals surface area contributed by atoms with Crippen molar-refractivity contribution in [3.05, 3.63) is 23.9 Å². The number of aromatic nitrogens is 1. The van der Waals surface area contributed by atoms with Crippen LogP contribution in [-0.2, 0) is 4.79 Å². The van der Waals surface area contributed by atoms with E-state index in [0.29, 0.717) is 11.9 Å². The SMILES string of the molecule is CCN(C(=O)C1(C)CCCN(c2ncccc2C)C1)C1CCCCC1. The van der Waals surface area contributed by atoms with Crippen LogP contribution in [0.4, 0.5) is 5.82 Å². The normalized spacial score (nSPS) is 25.0. The average molecular weight is 344 g/mol. The topological polar surface area (TPSA) is 36.4 Å². The highest BCUT2D eigenvalue weighted by atomic mass is 16.2. The molecule has 1 amide bonds. The molecule has 1 saturated heterocycles. The van der Waals surface area contributed by atoms with Gasteiger partial charge in [-0.2, -0.15) is 0 Å². The molecule has 1 aromatic rings. The average Bonchev–Trinajstić information content (AvgIpc) is 2.63. The van der Waals surface area contributed by atoms with Gasteiger partial charge >= 0.3 is 0 Å². The van der Waals surface area contributed by atoms with Crippen molar-refractivity contribution in [1.29, 1.82) is 0 Å². The monoisotopic (exact) mass is 343 g/mol. The lowest BCUT2D eigenvalue weighted by atomic mass is 9.79. The molecule has 1 saturated carbocycles. The summed E-state index contributed by atoms with van der Waals surface area (Å²) >= 11 is 0. The summed E-state index contributed by atoms with van der Waals surface area (Å²) in [6, 6.07) is 4.54. The van der Waals surface area contributed by atoms with Gasteiger partial charge in [-0.05, 0) is 58.1 Å². The van der Waals surface area contributed by atoms with E-state index in [2.05, 4.69) is 41.6 Å². The molecule has 1 aliphatic carbocycles. The van der Waals surface area contributed by atoms with E-state index in [1.54, 1.807) is 0 Å². The molecule has 0 spiro atoms. The zero-order valence-electron chi connectivity index (χ0n) is 16.1. The van der Waals surface area contributed by atoms with E-state index in [4.69, 9.17) is 0 Å². The number of carbonyl (C=O) groups is 1.